The largest absolute Gasteiger partial charge is 0.460 e. The second-order valence-electron chi connectivity index (χ2n) is 11.2. The van der Waals surface area contributed by atoms with E-state index in [9.17, 15) is 28.8 Å². The molecule has 3 amide bonds. The fourth-order valence-electron chi connectivity index (χ4n) is 3.11. The highest BCUT2D eigenvalue weighted by Gasteiger charge is 2.29. The molecule has 0 atom stereocenters. The number of thiol groups is 1. The van der Waals surface area contributed by atoms with Crippen LogP contribution in [0.3, 0.4) is 0 Å². The number of hydrogen-bond acceptors (Lipinski definition) is 16. The van der Waals surface area contributed by atoms with E-state index in [2.05, 4.69) is 54.0 Å². The van der Waals surface area contributed by atoms with Gasteiger partial charge in [-0.2, -0.15) is 12.6 Å². The molecule has 0 spiro atoms. The zero-order valence-electron chi connectivity index (χ0n) is 32.7. The zero-order valence-corrected chi connectivity index (χ0v) is 36.4. The summed E-state index contributed by atoms with van der Waals surface area (Å²) in [5, 5.41) is 2.01. The molecule has 1 N–H and O–H groups in total. The third kappa shape index (κ3) is 29.0. The van der Waals surface area contributed by atoms with Crippen molar-refractivity contribution < 1.29 is 60.7 Å². The number of imide groups is 1. The Morgan fingerprint density at radius 3 is 1.60 bits per heavy atom. The van der Waals surface area contributed by atoms with E-state index in [1.165, 1.54) is 19.9 Å². The molecule has 0 heterocycles. The van der Waals surface area contributed by atoms with Gasteiger partial charge in [-0.05, 0) is 64.5 Å². The summed E-state index contributed by atoms with van der Waals surface area (Å²) in [7, 11) is 2.63. The van der Waals surface area contributed by atoms with E-state index >= 15 is 0 Å². The third-order valence-electron chi connectivity index (χ3n) is 6.69. The minimum atomic E-state index is -2.23. The maximum atomic E-state index is 12.6. The van der Waals surface area contributed by atoms with Crippen LogP contribution in [0, 0.1) is 0 Å². The molecular weight excluding hydrogens is 767 g/mol. The number of rotatable bonds is 23. The van der Waals surface area contributed by atoms with Gasteiger partial charge in [0.2, 0.25) is 6.08 Å². The van der Waals surface area contributed by atoms with Crippen LogP contribution in [0.4, 0.5) is 9.59 Å². The average Bonchev–Trinajstić information content (AvgIpc) is 3.14. The van der Waals surface area contributed by atoms with Gasteiger partial charge >= 0.3 is 41.1 Å². The Balaban J connectivity index is -0.000000962. The topological polar surface area (TPSA) is 195 Å². The van der Waals surface area contributed by atoms with E-state index < -0.39 is 46.3 Å². The molecule has 0 saturated carbocycles. The summed E-state index contributed by atoms with van der Waals surface area (Å²) >= 11 is 5.09. The van der Waals surface area contributed by atoms with Gasteiger partial charge in [0, 0.05) is 50.9 Å². The number of amides is 3. The maximum absolute atomic E-state index is 12.6. The van der Waals surface area contributed by atoms with E-state index in [0.29, 0.717) is 23.8 Å². The van der Waals surface area contributed by atoms with Crippen LogP contribution >= 0.6 is 24.4 Å². The van der Waals surface area contributed by atoms with Gasteiger partial charge in [0.15, 0.2) is 0 Å². The number of nitrogens with one attached hydrogen (secondary N) is 1. The van der Waals surface area contributed by atoms with Crippen LogP contribution in [-0.2, 0) is 51.1 Å². The molecule has 0 unspecified atom stereocenters. The summed E-state index contributed by atoms with van der Waals surface area (Å²) in [6.07, 6.45) is 3.07. The lowest BCUT2D eigenvalue weighted by Crippen LogP contribution is -2.45. The van der Waals surface area contributed by atoms with Crippen molar-refractivity contribution in [3.63, 3.8) is 0 Å². The van der Waals surface area contributed by atoms with Crippen molar-refractivity contribution in [3.05, 3.63) is 36.5 Å². The number of isocyanates is 1. The molecule has 304 valence electrons. The van der Waals surface area contributed by atoms with Crippen molar-refractivity contribution in [2.75, 3.05) is 79.4 Å². The summed E-state index contributed by atoms with van der Waals surface area (Å²) in [6.45, 7) is 18.7. The Labute approximate surface area is 326 Å². The Kier molecular flexibility index (Phi) is 33.1. The first-order valence-corrected chi connectivity index (χ1v) is 23.1. The number of carbonyl (C=O) groups excluding carboxylic acids is 6. The number of ether oxygens (including phenoxy) is 3. The Morgan fingerprint density at radius 1 is 0.755 bits per heavy atom. The van der Waals surface area contributed by atoms with Gasteiger partial charge in [0.05, 0.1) is 19.6 Å². The van der Waals surface area contributed by atoms with Crippen LogP contribution in [0.15, 0.2) is 41.4 Å². The van der Waals surface area contributed by atoms with Crippen molar-refractivity contribution in [2.45, 2.75) is 58.8 Å². The fourth-order valence-corrected chi connectivity index (χ4v) is 7.40. The molecule has 16 nitrogen and oxygen atoms in total. The number of aliphatic imine (C=N–C) groups is 1. The van der Waals surface area contributed by atoms with Gasteiger partial charge in [-0.1, -0.05) is 31.5 Å². The van der Waals surface area contributed by atoms with Gasteiger partial charge in [-0.15, -0.1) is 0 Å². The first-order valence-electron chi connectivity index (χ1n) is 16.4. The quantitative estimate of drug-likeness (QED) is 0.0205. The number of esters is 3. The molecule has 0 saturated heterocycles. The Morgan fingerprint density at radius 2 is 1.19 bits per heavy atom. The summed E-state index contributed by atoms with van der Waals surface area (Å²) in [5.74, 6) is -0.279. The first-order chi connectivity index (χ1) is 24.8. The molecule has 0 aromatic heterocycles. The molecule has 0 aliphatic heterocycles. The van der Waals surface area contributed by atoms with Crippen LogP contribution in [0.25, 0.3) is 0 Å². The zero-order chi connectivity index (χ0) is 41.5. The van der Waals surface area contributed by atoms with Crippen molar-refractivity contribution in [1.29, 1.82) is 0 Å². The first kappa shape index (κ1) is 54.3. The highest BCUT2D eigenvalue weighted by atomic mass is 32.2. The molecule has 0 aliphatic rings. The smallest absolute Gasteiger partial charge is 0.334 e. The molecule has 0 aromatic carbocycles. The van der Waals surface area contributed by atoms with Crippen LogP contribution in [0.5, 0.6) is 0 Å². The van der Waals surface area contributed by atoms with Crippen LogP contribution < -0.4 is 5.32 Å². The molecule has 0 rings (SSSR count). The molecule has 53 heavy (non-hydrogen) atoms. The lowest BCUT2D eigenvalue weighted by molar-refractivity contribution is -0.139. The standard InChI is InChI=1S/C20H34N2O8SSi.C7H9NO3.C6H16O2SSi/c1-15(2)17(23)29-11-9-21-19(25)22(10-12-30-18(24)16(3)4)20(26)31-13-8-14-32(7,27-5)28-6;1-6(2)7(10)11-4-3-8-5-9;1-7-10(3,8-2)6-4-5-9/h1,3,8-14H2,2,4-7H3,(H,21,25);1,3-4H2,2H3;9H,4-6H2,1-3H3. The van der Waals surface area contributed by atoms with Crippen molar-refractivity contribution >= 4 is 76.8 Å². The number of carbonyl (C=O) groups is 5. The van der Waals surface area contributed by atoms with E-state index in [1.54, 1.807) is 35.4 Å². The number of thioether (sulfide) groups is 1. The maximum Gasteiger partial charge on any atom is 0.334 e. The summed E-state index contributed by atoms with van der Waals surface area (Å²) in [5.41, 5.74) is 0.787. The predicted molar refractivity (Wildman–Crippen MR) is 212 cm³/mol. The van der Waals surface area contributed by atoms with Crippen molar-refractivity contribution in [1.82, 2.24) is 10.2 Å². The molecule has 0 fully saturated rings. The molecular formula is C33H59N3O13S2Si2. The molecule has 0 aliphatic carbocycles. The van der Waals surface area contributed by atoms with Gasteiger partial charge in [0.1, 0.15) is 19.8 Å². The third-order valence-corrected chi connectivity index (χ3v) is 13.9. The Bertz CT molecular complexity index is 1230. The lowest BCUT2D eigenvalue weighted by Gasteiger charge is -2.23. The molecule has 0 aromatic rings. The molecule has 20 heteroatoms. The summed E-state index contributed by atoms with van der Waals surface area (Å²) < 4.78 is 35.9. The lowest BCUT2D eigenvalue weighted by atomic mass is 10.4. The van der Waals surface area contributed by atoms with Crippen molar-refractivity contribution in [3.8, 4) is 0 Å². The van der Waals surface area contributed by atoms with Gasteiger partial charge in [-0.25, -0.2) is 29.0 Å². The second-order valence-corrected chi connectivity index (χ2v) is 19.9. The number of nitrogens with zero attached hydrogens (tertiary/aromatic N) is 2. The fraction of sp³-hybridized carbons (Fsp3) is 0.636. The number of urea groups is 1. The number of hydrogen-bond donors (Lipinski definition) is 2. The minimum absolute atomic E-state index is 0.00346. The van der Waals surface area contributed by atoms with Gasteiger partial charge < -0.3 is 37.2 Å². The normalized spacial score (nSPS) is 10.5. The Hall–Kier alpha value is -3.08. The second kappa shape index (κ2) is 32.4. The van der Waals surface area contributed by atoms with E-state index in [4.69, 9.17) is 27.2 Å². The summed E-state index contributed by atoms with van der Waals surface area (Å²) in [6, 6.07) is 1.04. The van der Waals surface area contributed by atoms with Crippen LogP contribution in [0.2, 0.25) is 25.2 Å². The van der Waals surface area contributed by atoms with E-state index in [0.717, 1.165) is 34.9 Å². The monoisotopic (exact) mass is 825 g/mol. The predicted octanol–water partition coefficient (Wildman–Crippen LogP) is 4.96. The van der Waals surface area contributed by atoms with Crippen molar-refractivity contribution in [2.24, 2.45) is 4.99 Å². The summed E-state index contributed by atoms with van der Waals surface area (Å²) in [4.78, 5) is 72.3. The average molecular weight is 826 g/mol. The molecule has 0 bridgehead atoms. The minimum Gasteiger partial charge on any atom is -0.460 e. The van der Waals surface area contributed by atoms with Crippen LogP contribution in [-0.4, -0.2) is 137 Å². The SMILES string of the molecule is C=C(C)C(=O)OCCN=C=O.C=C(C)C(=O)OCCNC(=O)N(CCOC(=O)C(=C)C)C(=O)SCCC[Si](C)(OC)OC.CO[Si](C)(CCCS)OC. The van der Waals surface area contributed by atoms with Gasteiger partial charge in [0.25, 0.3) is 5.24 Å². The van der Waals surface area contributed by atoms with E-state index in [-0.39, 0.29) is 50.6 Å². The van der Waals surface area contributed by atoms with E-state index in [1.807, 2.05) is 6.55 Å². The van der Waals surface area contributed by atoms with Crippen LogP contribution in [0.1, 0.15) is 33.6 Å². The van der Waals surface area contributed by atoms with Gasteiger partial charge in [-0.3, -0.25) is 9.69 Å². The highest BCUT2D eigenvalue weighted by Crippen LogP contribution is 2.18. The highest BCUT2D eigenvalue weighted by molar-refractivity contribution is 8.13. The molecule has 0 radical (unpaired) electrons.